The van der Waals surface area contributed by atoms with E-state index in [2.05, 4.69) is 6.58 Å². The monoisotopic (exact) mass is 318 g/mol. The van der Waals surface area contributed by atoms with Gasteiger partial charge in [-0.25, -0.2) is 9.59 Å². The third kappa shape index (κ3) is 2.25. The molecule has 9 heteroatoms. The van der Waals surface area contributed by atoms with Gasteiger partial charge >= 0.3 is 11.9 Å². The highest BCUT2D eigenvalue weighted by Gasteiger charge is 2.67. The molecular formula is C12H14O8S. The molecule has 116 valence electrons. The Hall–Kier alpha value is -1.45. The van der Waals surface area contributed by atoms with Gasteiger partial charge in [-0.1, -0.05) is 6.58 Å². The first kappa shape index (κ1) is 14.5. The van der Waals surface area contributed by atoms with Gasteiger partial charge in [0.05, 0.1) is 6.10 Å². The molecule has 0 N–H and O–H groups in total. The van der Waals surface area contributed by atoms with E-state index < -0.39 is 57.8 Å². The Morgan fingerprint density at radius 3 is 2.76 bits per heavy atom. The Bertz CT molecular complexity index is 596. The number of fused-ring (bicyclic) bond motifs is 1. The fourth-order valence-electron chi connectivity index (χ4n) is 2.87. The summed E-state index contributed by atoms with van der Waals surface area (Å²) in [5.74, 6) is -1.53. The third-order valence-corrected chi connectivity index (χ3v) is 5.53. The molecule has 0 aromatic heterocycles. The molecule has 0 aromatic rings. The summed E-state index contributed by atoms with van der Waals surface area (Å²) in [6.07, 6.45) is -2.67. The van der Waals surface area contributed by atoms with Crippen molar-refractivity contribution in [2.75, 3.05) is 0 Å². The number of carbonyl (C=O) groups is 2. The van der Waals surface area contributed by atoms with Gasteiger partial charge in [0.2, 0.25) is 0 Å². The van der Waals surface area contributed by atoms with Crippen molar-refractivity contribution in [3.8, 4) is 0 Å². The number of hydrogen-bond acceptors (Lipinski definition) is 8. The Labute approximate surface area is 121 Å². The van der Waals surface area contributed by atoms with Crippen LogP contribution in [0.3, 0.4) is 0 Å². The van der Waals surface area contributed by atoms with Crippen molar-refractivity contribution in [1.29, 1.82) is 0 Å². The molecule has 0 radical (unpaired) electrons. The smallest absolute Gasteiger partial charge is 0.347 e. The molecule has 0 saturated carbocycles. The molecule has 3 saturated heterocycles. The average molecular weight is 318 g/mol. The summed E-state index contributed by atoms with van der Waals surface area (Å²) < 4.78 is 43.8. The van der Waals surface area contributed by atoms with Gasteiger partial charge < -0.3 is 14.2 Å². The van der Waals surface area contributed by atoms with Gasteiger partial charge in [-0.3, -0.25) is 4.18 Å². The number of hydrogen-bond donors (Lipinski definition) is 0. The van der Waals surface area contributed by atoms with Crippen molar-refractivity contribution in [3.63, 3.8) is 0 Å². The van der Waals surface area contributed by atoms with E-state index in [9.17, 15) is 18.0 Å². The minimum Gasteiger partial charge on any atom is -0.454 e. The van der Waals surface area contributed by atoms with Crippen molar-refractivity contribution >= 4 is 22.1 Å². The molecule has 0 aromatic carbocycles. The Kier molecular flexibility index (Phi) is 3.30. The molecule has 3 aliphatic rings. The van der Waals surface area contributed by atoms with E-state index in [-0.39, 0.29) is 6.42 Å². The van der Waals surface area contributed by atoms with E-state index in [1.165, 1.54) is 6.92 Å². The molecule has 3 aliphatic heterocycles. The fraction of sp³-hybridized carbons (Fsp3) is 0.667. The Morgan fingerprint density at radius 1 is 1.38 bits per heavy atom. The van der Waals surface area contributed by atoms with Gasteiger partial charge in [0.25, 0.3) is 10.1 Å². The SMILES string of the molecule is C=CC(=O)OC(C)C(=O)OC1C2CC3C(O2)C1OS3(=O)=O. The summed E-state index contributed by atoms with van der Waals surface area (Å²) in [5, 5.41) is -0.682. The summed E-state index contributed by atoms with van der Waals surface area (Å²) >= 11 is 0. The van der Waals surface area contributed by atoms with Gasteiger partial charge in [0.15, 0.2) is 12.2 Å². The summed E-state index contributed by atoms with van der Waals surface area (Å²) in [7, 11) is -3.66. The molecule has 6 atom stereocenters. The first-order chi connectivity index (χ1) is 9.83. The third-order valence-electron chi connectivity index (χ3n) is 3.84. The highest BCUT2D eigenvalue weighted by Crippen LogP contribution is 2.47. The summed E-state index contributed by atoms with van der Waals surface area (Å²) in [4.78, 5) is 22.9. The number of ether oxygens (including phenoxy) is 3. The molecule has 6 unspecified atom stereocenters. The minimum absolute atomic E-state index is 0.238. The van der Waals surface area contributed by atoms with E-state index in [1.54, 1.807) is 0 Å². The van der Waals surface area contributed by atoms with Crippen LogP contribution in [0.15, 0.2) is 12.7 Å². The minimum atomic E-state index is -3.66. The van der Waals surface area contributed by atoms with E-state index in [0.29, 0.717) is 0 Å². The molecule has 0 amide bonds. The zero-order valence-corrected chi connectivity index (χ0v) is 11.9. The van der Waals surface area contributed by atoms with Crippen LogP contribution in [-0.4, -0.2) is 56.1 Å². The Morgan fingerprint density at radius 2 is 2.10 bits per heavy atom. The van der Waals surface area contributed by atoms with Crippen LogP contribution in [0.25, 0.3) is 0 Å². The first-order valence-electron chi connectivity index (χ1n) is 6.44. The van der Waals surface area contributed by atoms with Crippen LogP contribution in [0.2, 0.25) is 0 Å². The second kappa shape index (κ2) is 4.79. The highest BCUT2D eigenvalue weighted by molar-refractivity contribution is 7.87. The maximum Gasteiger partial charge on any atom is 0.347 e. The topological polar surface area (TPSA) is 105 Å². The van der Waals surface area contributed by atoms with Crippen LogP contribution in [0.4, 0.5) is 0 Å². The van der Waals surface area contributed by atoms with Crippen molar-refractivity contribution in [2.45, 2.75) is 49.1 Å². The maximum absolute atomic E-state index is 11.9. The van der Waals surface area contributed by atoms with Crippen LogP contribution in [-0.2, 0) is 38.1 Å². The zero-order valence-electron chi connectivity index (χ0n) is 11.1. The number of esters is 2. The van der Waals surface area contributed by atoms with Crippen molar-refractivity contribution in [1.82, 2.24) is 0 Å². The molecule has 0 aliphatic carbocycles. The predicted molar refractivity (Wildman–Crippen MR) is 66.5 cm³/mol. The molecule has 3 fully saturated rings. The lowest BCUT2D eigenvalue weighted by molar-refractivity contribution is -0.171. The molecular weight excluding hydrogens is 304 g/mol. The summed E-state index contributed by atoms with van der Waals surface area (Å²) in [6, 6.07) is 0. The van der Waals surface area contributed by atoms with E-state index in [0.717, 1.165) is 6.08 Å². The molecule has 2 bridgehead atoms. The largest absolute Gasteiger partial charge is 0.454 e. The quantitative estimate of drug-likeness (QED) is 0.380. The molecule has 21 heavy (non-hydrogen) atoms. The predicted octanol–water partition coefficient (Wildman–Crippen LogP) is -0.716. The van der Waals surface area contributed by atoms with E-state index >= 15 is 0 Å². The van der Waals surface area contributed by atoms with Crippen LogP contribution < -0.4 is 0 Å². The number of carbonyl (C=O) groups excluding carboxylic acids is 2. The standard InChI is InChI=1S/C12H14O8S/c1-3-8(13)17-5(2)12(14)19-9-6-4-7-10(18-6)11(9)20-21(7,15)16/h3,5-7,9-11H,1,4H2,2H3. The van der Waals surface area contributed by atoms with E-state index in [4.69, 9.17) is 18.4 Å². The maximum atomic E-state index is 11.9. The lowest BCUT2D eigenvalue weighted by Crippen LogP contribution is -2.43. The van der Waals surface area contributed by atoms with Crippen LogP contribution in [0.5, 0.6) is 0 Å². The van der Waals surface area contributed by atoms with Crippen molar-refractivity contribution < 1.29 is 36.4 Å². The van der Waals surface area contributed by atoms with E-state index in [1.807, 2.05) is 0 Å². The second-order valence-corrected chi connectivity index (χ2v) is 6.94. The number of rotatable bonds is 4. The zero-order chi connectivity index (χ0) is 15.4. The van der Waals surface area contributed by atoms with Gasteiger partial charge in [-0.15, -0.1) is 0 Å². The van der Waals surface area contributed by atoms with Crippen LogP contribution >= 0.6 is 0 Å². The van der Waals surface area contributed by atoms with Gasteiger partial charge in [0.1, 0.15) is 17.5 Å². The van der Waals surface area contributed by atoms with Gasteiger partial charge in [0, 0.05) is 6.08 Å². The lowest BCUT2D eigenvalue weighted by atomic mass is 9.94. The van der Waals surface area contributed by atoms with Gasteiger partial charge in [-0.2, -0.15) is 8.42 Å². The Balaban J connectivity index is 1.66. The summed E-state index contributed by atoms with van der Waals surface area (Å²) in [6.45, 7) is 4.57. The van der Waals surface area contributed by atoms with Gasteiger partial charge in [-0.05, 0) is 13.3 Å². The second-order valence-electron chi connectivity index (χ2n) is 5.15. The molecule has 3 heterocycles. The van der Waals surface area contributed by atoms with Crippen LogP contribution in [0, 0.1) is 0 Å². The first-order valence-corrected chi connectivity index (χ1v) is 7.91. The average Bonchev–Trinajstić information content (AvgIpc) is 3.02. The van der Waals surface area contributed by atoms with Crippen molar-refractivity contribution in [3.05, 3.63) is 12.7 Å². The highest BCUT2D eigenvalue weighted by atomic mass is 32.2. The van der Waals surface area contributed by atoms with Crippen molar-refractivity contribution in [2.24, 2.45) is 0 Å². The lowest BCUT2D eigenvalue weighted by Gasteiger charge is -2.23. The molecule has 8 nitrogen and oxygen atoms in total. The molecule has 0 spiro atoms. The summed E-state index contributed by atoms with van der Waals surface area (Å²) in [5.41, 5.74) is 0. The van der Waals surface area contributed by atoms with Crippen LogP contribution in [0.1, 0.15) is 13.3 Å². The normalized spacial score (nSPS) is 39.8. The fourth-order valence-corrected chi connectivity index (χ4v) is 4.51. The molecule has 3 rings (SSSR count).